The van der Waals surface area contributed by atoms with E-state index in [1.54, 1.807) is 0 Å². The molecule has 1 aliphatic carbocycles. The number of rotatable bonds is 2. The van der Waals surface area contributed by atoms with Crippen molar-refractivity contribution in [3.05, 3.63) is 70.3 Å². The van der Waals surface area contributed by atoms with Crippen molar-refractivity contribution in [2.24, 2.45) is 5.41 Å². The summed E-state index contributed by atoms with van der Waals surface area (Å²) in [5.41, 5.74) is 0.624. The van der Waals surface area contributed by atoms with E-state index in [0.717, 1.165) is 35.7 Å². The minimum Gasteiger partial charge on any atom is -0.377 e. The van der Waals surface area contributed by atoms with Gasteiger partial charge in [0.15, 0.2) is 0 Å². The van der Waals surface area contributed by atoms with E-state index in [-0.39, 0.29) is 11.5 Å². The van der Waals surface area contributed by atoms with Gasteiger partial charge in [0.05, 0.1) is 17.2 Å². The zero-order valence-electron chi connectivity index (χ0n) is 14.8. The molecule has 1 heterocycles. The first-order valence-corrected chi connectivity index (χ1v) is 9.04. The zero-order valence-corrected chi connectivity index (χ0v) is 14.8. The molecule has 1 fully saturated rings. The van der Waals surface area contributed by atoms with Gasteiger partial charge in [-0.3, -0.25) is 0 Å². The molecule has 0 unspecified atom stereocenters. The van der Waals surface area contributed by atoms with Crippen molar-refractivity contribution in [3.8, 4) is 0 Å². The maximum absolute atomic E-state index is 13.0. The molecule has 0 amide bonds. The van der Waals surface area contributed by atoms with Crippen LogP contribution >= 0.6 is 0 Å². The lowest BCUT2D eigenvalue weighted by atomic mass is 9.66. The topological polar surface area (TPSA) is 9.23 Å². The zero-order chi connectivity index (χ0) is 20.2. The van der Waals surface area contributed by atoms with Gasteiger partial charge in [0, 0.05) is 12.0 Å². The van der Waals surface area contributed by atoms with Crippen LogP contribution in [0.5, 0.6) is 0 Å². The van der Waals surface area contributed by atoms with E-state index in [9.17, 15) is 26.3 Å². The molecular formula is C21H18F6O. The second kappa shape index (κ2) is 6.51. The van der Waals surface area contributed by atoms with Crippen molar-refractivity contribution in [1.82, 2.24) is 0 Å². The third kappa shape index (κ3) is 3.52. The number of hydrogen-bond donors (Lipinski definition) is 0. The van der Waals surface area contributed by atoms with Crippen molar-refractivity contribution >= 4 is 0 Å². The third-order valence-corrected chi connectivity index (χ3v) is 5.92. The Bertz CT molecular complexity index is 868. The molecule has 0 N–H and O–H groups in total. The minimum atomic E-state index is -4.39. The smallest absolute Gasteiger partial charge is 0.377 e. The number of fused-ring (bicyclic) bond motifs is 2. The van der Waals surface area contributed by atoms with Crippen LogP contribution in [-0.4, -0.2) is 12.7 Å². The predicted molar refractivity (Wildman–Crippen MR) is 90.8 cm³/mol. The summed E-state index contributed by atoms with van der Waals surface area (Å²) in [6.07, 6.45) is -6.77. The molecule has 0 spiro atoms. The summed E-state index contributed by atoms with van der Waals surface area (Å²) in [5.74, 6) is 0. The SMILES string of the molecule is FC(F)(F)c1ccc(C[C@@]23CCO[C@@H]2Cc2cc(C(F)(F)F)ccc2C3)cc1. The fourth-order valence-corrected chi connectivity index (χ4v) is 4.45. The van der Waals surface area contributed by atoms with Gasteiger partial charge in [-0.2, -0.15) is 26.3 Å². The van der Waals surface area contributed by atoms with Crippen LogP contribution in [0.3, 0.4) is 0 Å². The van der Waals surface area contributed by atoms with E-state index in [4.69, 9.17) is 4.74 Å². The summed E-state index contributed by atoms with van der Waals surface area (Å²) in [6.45, 7) is 0.505. The highest BCUT2D eigenvalue weighted by Crippen LogP contribution is 2.47. The van der Waals surface area contributed by atoms with E-state index in [0.29, 0.717) is 31.4 Å². The van der Waals surface area contributed by atoms with Gasteiger partial charge in [-0.25, -0.2) is 0 Å². The van der Waals surface area contributed by atoms with Gasteiger partial charge in [0.2, 0.25) is 0 Å². The van der Waals surface area contributed by atoms with Crippen molar-refractivity contribution < 1.29 is 31.1 Å². The Morgan fingerprint density at radius 1 is 0.857 bits per heavy atom. The van der Waals surface area contributed by atoms with E-state index < -0.39 is 23.5 Å². The molecule has 1 nitrogen and oxygen atoms in total. The fourth-order valence-electron chi connectivity index (χ4n) is 4.45. The Morgan fingerprint density at radius 3 is 2.14 bits per heavy atom. The highest BCUT2D eigenvalue weighted by atomic mass is 19.4. The molecule has 1 aliphatic heterocycles. The number of alkyl halides is 6. The van der Waals surface area contributed by atoms with Gasteiger partial charge >= 0.3 is 12.4 Å². The average molecular weight is 400 g/mol. The molecule has 0 bridgehead atoms. The van der Waals surface area contributed by atoms with E-state index in [2.05, 4.69) is 0 Å². The molecule has 2 aromatic rings. The lowest BCUT2D eigenvalue weighted by Gasteiger charge is -2.39. The number of halogens is 6. The summed E-state index contributed by atoms with van der Waals surface area (Å²) in [4.78, 5) is 0. The van der Waals surface area contributed by atoms with Crippen molar-refractivity contribution in [3.63, 3.8) is 0 Å². The van der Waals surface area contributed by atoms with Gasteiger partial charge in [0.25, 0.3) is 0 Å². The van der Waals surface area contributed by atoms with Gasteiger partial charge in [-0.05, 0) is 66.6 Å². The highest BCUT2D eigenvalue weighted by molar-refractivity contribution is 5.38. The monoisotopic (exact) mass is 400 g/mol. The second-order valence-corrected chi connectivity index (χ2v) is 7.71. The number of hydrogen-bond acceptors (Lipinski definition) is 1. The first-order chi connectivity index (χ1) is 13.1. The molecule has 0 saturated carbocycles. The third-order valence-electron chi connectivity index (χ3n) is 5.92. The minimum absolute atomic E-state index is 0.231. The first-order valence-electron chi connectivity index (χ1n) is 9.04. The molecule has 2 aromatic carbocycles. The van der Waals surface area contributed by atoms with Crippen LogP contribution in [-0.2, 0) is 36.4 Å². The molecule has 0 aromatic heterocycles. The molecule has 7 heteroatoms. The summed E-state index contributed by atoms with van der Waals surface area (Å²) in [5, 5.41) is 0. The molecule has 2 aliphatic rings. The quantitative estimate of drug-likeness (QED) is 0.576. The first kappa shape index (κ1) is 19.3. The van der Waals surface area contributed by atoms with Gasteiger partial charge in [0.1, 0.15) is 0 Å². The Balaban J connectivity index is 1.61. The van der Waals surface area contributed by atoms with E-state index in [1.165, 1.54) is 24.3 Å². The summed E-state index contributed by atoms with van der Waals surface area (Å²) in [6, 6.07) is 8.93. The van der Waals surface area contributed by atoms with Crippen molar-refractivity contribution in [1.29, 1.82) is 0 Å². The van der Waals surface area contributed by atoms with Crippen LogP contribution in [0.1, 0.15) is 34.2 Å². The van der Waals surface area contributed by atoms with Crippen LogP contribution < -0.4 is 0 Å². The van der Waals surface area contributed by atoms with Gasteiger partial charge < -0.3 is 4.74 Å². The molecule has 0 radical (unpaired) electrons. The van der Waals surface area contributed by atoms with Gasteiger partial charge in [-0.1, -0.05) is 18.2 Å². The predicted octanol–water partition coefficient (Wildman–Crippen LogP) is 5.84. The maximum Gasteiger partial charge on any atom is 0.416 e. The summed E-state index contributed by atoms with van der Waals surface area (Å²) < 4.78 is 83.1. The Kier molecular flexibility index (Phi) is 4.49. The molecule has 150 valence electrons. The van der Waals surface area contributed by atoms with Crippen LogP contribution in [0.15, 0.2) is 42.5 Å². The van der Waals surface area contributed by atoms with Crippen molar-refractivity contribution in [2.45, 2.75) is 44.1 Å². The van der Waals surface area contributed by atoms with E-state index in [1.807, 2.05) is 0 Å². The normalized spacial score (nSPS) is 24.7. The summed E-state index contributed by atoms with van der Waals surface area (Å²) >= 11 is 0. The van der Waals surface area contributed by atoms with Crippen LogP contribution in [0.4, 0.5) is 26.3 Å². The molecule has 2 atom stereocenters. The average Bonchev–Trinajstić information content (AvgIpc) is 3.00. The number of ether oxygens (including phenoxy) is 1. The van der Waals surface area contributed by atoms with Crippen molar-refractivity contribution in [2.75, 3.05) is 6.61 Å². The molecule has 1 saturated heterocycles. The highest BCUT2D eigenvalue weighted by Gasteiger charge is 2.47. The lowest BCUT2D eigenvalue weighted by Crippen LogP contribution is -2.40. The van der Waals surface area contributed by atoms with Crippen LogP contribution in [0.2, 0.25) is 0 Å². The van der Waals surface area contributed by atoms with Crippen LogP contribution in [0, 0.1) is 5.41 Å². The molecule has 28 heavy (non-hydrogen) atoms. The summed E-state index contributed by atoms with van der Waals surface area (Å²) in [7, 11) is 0. The van der Waals surface area contributed by atoms with Crippen LogP contribution in [0.25, 0.3) is 0 Å². The molecule has 4 rings (SSSR count). The number of benzene rings is 2. The van der Waals surface area contributed by atoms with E-state index >= 15 is 0 Å². The Morgan fingerprint density at radius 2 is 1.50 bits per heavy atom. The lowest BCUT2D eigenvalue weighted by molar-refractivity contribution is -0.138. The largest absolute Gasteiger partial charge is 0.416 e. The fraction of sp³-hybridized carbons (Fsp3) is 0.429. The molecular weight excluding hydrogens is 382 g/mol. The Labute approximate surface area is 158 Å². The Hall–Kier alpha value is -2.02. The second-order valence-electron chi connectivity index (χ2n) is 7.71. The maximum atomic E-state index is 13.0. The standard InChI is InChI=1S/C21H18F6O/c22-20(23,24)16-4-1-13(2-5-16)11-19-7-8-28-18(19)10-15-9-17(21(25,26)27)6-3-14(15)12-19/h1-6,9,18H,7-8,10-12H2/t18-,19-/m1/s1. The van der Waals surface area contributed by atoms with Gasteiger partial charge in [-0.15, -0.1) is 0 Å².